The van der Waals surface area contributed by atoms with Gasteiger partial charge in [-0.25, -0.2) is 4.79 Å². The van der Waals surface area contributed by atoms with Gasteiger partial charge in [0.2, 0.25) is 0 Å². The summed E-state index contributed by atoms with van der Waals surface area (Å²) in [5.41, 5.74) is 0.544. The molecular weight excluding hydrogens is 272 g/mol. The first-order valence-electron chi connectivity index (χ1n) is 6.69. The molecule has 0 aliphatic carbocycles. The minimum atomic E-state index is -0.596. The van der Waals surface area contributed by atoms with E-state index in [1.54, 1.807) is 0 Å². The number of carbonyl (C=O) groups is 1. The number of alkyl carbamates (subject to hydrolysis) is 1. The van der Waals surface area contributed by atoms with Gasteiger partial charge in [0, 0.05) is 0 Å². The van der Waals surface area contributed by atoms with E-state index >= 15 is 0 Å². The molecule has 0 unspecified atom stereocenters. The van der Waals surface area contributed by atoms with Crippen LogP contribution in [-0.2, 0) is 16.1 Å². The zero-order chi connectivity index (χ0) is 15.7. The highest BCUT2D eigenvalue weighted by Gasteiger charge is 2.16. The van der Waals surface area contributed by atoms with E-state index in [1.807, 2.05) is 51.1 Å². The van der Waals surface area contributed by atoms with Gasteiger partial charge in [-0.3, -0.25) is 0 Å². The highest BCUT2D eigenvalue weighted by atomic mass is 16.5. The van der Waals surface area contributed by atoms with Crippen LogP contribution in [0.1, 0.15) is 26.3 Å². The topological polar surface area (TPSA) is 80.2 Å². The molecule has 116 valence electrons. The van der Waals surface area contributed by atoms with Crippen LogP contribution >= 0.6 is 0 Å². The van der Waals surface area contributed by atoms with Crippen LogP contribution in [-0.4, -0.2) is 35.8 Å². The van der Waals surface area contributed by atoms with E-state index < -0.39 is 12.1 Å². The number of nitrogens with one attached hydrogen (secondary N) is 1. The van der Waals surface area contributed by atoms with Gasteiger partial charge in [-0.15, -0.1) is 0 Å². The minimum Gasteiger partial charge on any atom is -0.445 e. The second kappa shape index (κ2) is 8.26. The maximum Gasteiger partial charge on any atom is 0.408 e. The Morgan fingerprint density at radius 1 is 1.38 bits per heavy atom. The fourth-order valence-corrected chi connectivity index (χ4v) is 1.46. The normalized spacial score (nSPS) is 13.1. The molecule has 0 spiro atoms. The first kappa shape index (κ1) is 17.0. The summed E-state index contributed by atoms with van der Waals surface area (Å²) >= 11 is 0. The Hall–Kier alpha value is -2.08. The van der Waals surface area contributed by atoms with E-state index in [9.17, 15) is 4.79 Å². The van der Waals surface area contributed by atoms with Gasteiger partial charge in [-0.05, 0) is 26.3 Å². The lowest BCUT2D eigenvalue weighted by Gasteiger charge is -2.22. The van der Waals surface area contributed by atoms with Gasteiger partial charge in [0.25, 0.3) is 0 Å². The van der Waals surface area contributed by atoms with Crippen molar-refractivity contribution in [3.05, 3.63) is 35.9 Å². The lowest BCUT2D eigenvalue weighted by Crippen LogP contribution is -2.41. The van der Waals surface area contributed by atoms with Crippen LogP contribution in [0.15, 0.2) is 35.5 Å². The van der Waals surface area contributed by atoms with Crippen molar-refractivity contribution in [2.75, 3.05) is 6.61 Å². The summed E-state index contributed by atoms with van der Waals surface area (Å²) in [4.78, 5) is 11.7. The smallest absolute Gasteiger partial charge is 0.408 e. The van der Waals surface area contributed by atoms with Crippen LogP contribution in [0.4, 0.5) is 4.79 Å². The summed E-state index contributed by atoms with van der Waals surface area (Å²) in [7, 11) is 0. The fraction of sp³-hybridized carbons (Fsp3) is 0.467. The van der Waals surface area contributed by atoms with E-state index in [1.165, 1.54) is 6.21 Å². The van der Waals surface area contributed by atoms with E-state index in [4.69, 9.17) is 14.7 Å². The molecular formula is C15H22N2O4. The average Bonchev–Trinajstić information content (AvgIpc) is 2.43. The molecule has 1 aromatic rings. The molecule has 2 N–H and O–H groups in total. The molecule has 6 nitrogen and oxygen atoms in total. The molecule has 0 aliphatic heterocycles. The number of oxime groups is 1. The van der Waals surface area contributed by atoms with Crippen molar-refractivity contribution in [3.63, 3.8) is 0 Å². The van der Waals surface area contributed by atoms with Crippen molar-refractivity contribution < 1.29 is 19.5 Å². The second-order valence-corrected chi connectivity index (χ2v) is 5.50. The summed E-state index contributed by atoms with van der Waals surface area (Å²) in [6.45, 7) is 6.05. The molecule has 0 bridgehead atoms. The number of carbonyl (C=O) groups excluding carboxylic acids is 1. The van der Waals surface area contributed by atoms with Gasteiger partial charge in [-0.1, -0.05) is 35.5 Å². The summed E-state index contributed by atoms with van der Waals surface area (Å²) in [6.07, 6.45) is 0.594. The summed E-state index contributed by atoms with van der Waals surface area (Å²) < 4.78 is 10.6. The Morgan fingerprint density at radius 2 is 2.05 bits per heavy atom. The molecule has 1 rings (SSSR count). The molecule has 1 aromatic carbocycles. The van der Waals surface area contributed by atoms with Crippen LogP contribution in [0.2, 0.25) is 0 Å². The number of hydrogen-bond acceptors (Lipinski definition) is 5. The highest BCUT2D eigenvalue weighted by Crippen LogP contribution is 2.07. The largest absolute Gasteiger partial charge is 0.445 e. The molecule has 6 heteroatoms. The number of hydrogen-bond donors (Lipinski definition) is 2. The average molecular weight is 294 g/mol. The van der Waals surface area contributed by atoms with Gasteiger partial charge < -0.3 is 20.0 Å². The SMILES string of the molecule is CC(C)(C)OC[C@@H](/C=N/O)NC(=O)OCc1ccccc1. The van der Waals surface area contributed by atoms with Crippen LogP contribution in [0.5, 0.6) is 0 Å². The molecule has 0 radical (unpaired) electrons. The number of ether oxygens (including phenoxy) is 2. The Kier molecular flexibility index (Phi) is 6.68. The third-order valence-electron chi connectivity index (χ3n) is 2.46. The standard InChI is InChI=1S/C15H22N2O4/c1-15(2,3)21-11-13(9-16-19)17-14(18)20-10-12-7-5-4-6-8-12/h4-9,13,19H,10-11H2,1-3H3,(H,17,18)/b16-9+/t13-/m1/s1. The first-order chi connectivity index (χ1) is 9.90. The Bertz CT molecular complexity index is 454. The monoisotopic (exact) mass is 294 g/mol. The van der Waals surface area contributed by atoms with Crippen molar-refractivity contribution in [3.8, 4) is 0 Å². The first-order valence-corrected chi connectivity index (χ1v) is 6.69. The second-order valence-electron chi connectivity index (χ2n) is 5.50. The lowest BCUT2D eigenvalue weighted by atomic mass is 10.2. The van der Waals surface area contributed by atoms with Crippen molar-refractivity contribution in [1.29, 1.82) is 0 Å². The molecule has 1 atom stereocenters. The van der Waals surface area contributed by atoms with Crippen molar-refractivity contribution >= 4 is 12.3 Å². The van der Waals surface area contributed by atoms with E-state index in [2.05, 4.69) is 10.5 Å². The van der Waals surface area contributed by atoms with Gasteiger partial charge in [0.15, 0.2) is 0 Å². The predicted octanol–water partition coefficient (Wildman–Crippen LogP) is 2.56. The van der Waals surface area contributed by atoms with Crippen molar-refractivity contribution in [2.24, 2.45) is 5.16 Å². The third kappa shape index (κ3) is 7.94. The van der Waals surface area contributed by atoms with E-state index in [-0.39, 0.29) is 18.8 Å². The van der Waals surface area contributed by atoms with Crippen LogP contribution in [0.25, 0.3) is 0 Å². The summed E-state index contributed by atoms with van der Waals surface area (Å²) in [5.74, 6) is 0. The number of rotatable bonds is 6. The van der Waals surface area contributed by atoms with Gasteiger partial charge >= 0.3 is 6.09 Å². The molecule has 0 fully saturated rings. The van der Waals surface area contributed by atoms with Crippen LogP contribution in [0.3, 0.4) is 0 Å². The lowest BCUT2D eigenvalue weighted by molar-refractivity contribution is -0.00688. The molecule has 0 aromatic heterocycles. The van der Waals surface area contributed by atoms with E-state index in [0.717, 1.165) is 5.56 Å². The number of benzene rings is 1. The zero-order valence-electron chi connectivity index (χ0n) is 12.6. The molecule has 0 saturated carbocycles. The molecule has 0 aliphatic rings. The Balaban J connectivity index is 2.41. The van der Waals surface area contributed by atoms with Gasteiger partial charge in [0.1, 0.15) is 6.61 Å². The number of nitrogens with zero attached hydrogens (tertiary/aromatic N) is 1. The Labute approximate surface area is 124 Å². The summed E-state index contributed by atoms with van der Waals surface area (Å²) in [6, 6.07) is 8.80. The minimum absolute atomic E-state index is 0.176. The maximum atomic E-state index is 11.7. The number of amides is 1. The van der Waals surface area contributed by atoms with Crippen LogP contribution < -0.4 is 5.32 Å². The Morgan fingerprint density at radius 3 is 2.62 bits per heavy atom. The van der Waals surface area contributed by atoms with Gasteiger partial charge in [-0.2, -0.15) is 0 Å². The third-order valence-corrected chi connectivity index (χ3v) is 2.46. The van der Waals surface area contributed by atoms with Gasteiger partial charge in [0.05, 0.1) is 24.5 Å². The van der Waals surface area contributed by atoms with Crippen molar-refractivity contribution in [1.82, 2.24) is 5.32 Å². The molecule has 0 saturated heterocycles. The molecule has 0 heterocycles. The highest BCUT2D eigenvalue weighted by molar-refractivity contribution is 5.75. The quantitative estimate of drug-likeness (QED) is 0.480. The molecule has 1 amide bonds. The summed E-state index contributed by atoms with van der Waals surface area (Å²) in [5, 5.41) is 14.1. The predicted molar refractivity (Wildman–Crippen MR) is 79.5 cm³/mol. The van der Waals surface area contributed by atoms with Crippen LogP contribution in [0, 0.1) is 0 Å². The maximum absolute atomic E-state index is 11.7. The fourth-order valence-electron chi connectivity index (χ4n) is 1.46. The molecule has 21 heavy (non-hydrogen) atoms. The zero-order valence-corrected chi connectivity index (χ0v) is 12.6. The van der Waals surface area contributed by atoms with E-state index in [0.29, 0.717) is 0 Å². The van der Waals surface area contributed by atoms with Crippen molar-refractivity contribution in [2.45, 2.75) is 39.0 Å².